The van der Waals surface area contributed by atoms with Crippen LogP contribution in [-0.4, -0.2) is 9.38 Å². The topological polar surface area (TPSA) is 67.1 Å². The van der Waals surface area contributed by atoms with Crippen LogP contribution in [0.3, 0.4) is 0 Å². The fraction of sp³-hybridized carbons (Fsp3) is 0.111. The average molecular weight is 172 g/mol. The largest absolute Gasteiger partial charge is 0.385 e. The van der Waals surface area contributed by atoms with Crippen LogP contribution in [0.25, 0.3) is 5.65 Å². The number of rotatable bonds is 1. The highest BCUT2D eigenvalue weighted by Gasteiger charge is 2.01. The number of hydrogen-bond acceptors (Lipinski definition) is 3. The van der Waals surface area contributed by atoms with Crippen molar-refractivity contribution in [1.82, 2.24) is 9.38 Å². The normalized spacial score (nSPS) is 10.1. The number of imidazole rings is 1. The Balaban J connectivity index is 2.63. The van der Waals surface area contributed by atoms with E-state index in [-0.39, 0.29) is 0 Å². The Morgan fingerprint density at radius 1 is 1.54 bits per heavy atom. The van der Waals surface area contributed by atoms with Gasteiger partial charge in [0, 0.05) is 6.20 Å². The standard InChI is InChI=1S/C9H8N4/c10-5-4-7-6-13-8(11)2-1-3-9(13)12-7/h1-3,6H,4,11H2. The molecule has 64 valence electrons. The molecule has 2 heterocycles. The molecule has 0 saturated carbocycles. The Labute approximate surface area is 75.2 Å². The van der Waals surface area contributed by atoms with Gasteiger partial charge in [-0.3, -0.25) is 4.40 Å². The zero-order valence-electron chi connectivity index (χ0n) is 6.94. The summed E-state index contributed by atoms with van der Waals surface area (Å²) in [4.78, 5) is 4.22. The third-order valence-electron chi connectivity index (χ3n) is 1.83. The van der Waals surface area contributed by atoms with Gasteiger partial charge in [-0.2, -0.15) is 5.26 Å². The minimum atomic E-state index is 0.321. The van der Waals surface area contributed by atoms with Crippen molar-refractivity contribution in [3.63, 3.8) is 0 Å². The summed E-state index contributed by atoms with van der Waals surface area (Å²) in [6.45, 7) is 0. The summed E-state index contributed by atoms with van der Waals surface area (Å²) in [5, 5.41) is 8.48. The van der Waals surface area contributed by atoms with Crippen molar-refractivity contribution in [2.24, 2.45) is 0 Å². The predicted octanol–water partition coefficient (Wildman–Crippen LogP) is 0.983. The van der Waals surface area contributed by atoms with Crippen molar-refractivity contribution in [2.45, 2.75) is 6.42 Å². The van der Waals surface area contributed by atoms with E-state index >= 15 is 0 Å². The maximum Gasteiger partial charge on any atom is 0.138 e. The van der Waals surface area contributed by atoms with Crippen molar-refractivity contribution in [3.05, 3.63) is 30.1 Å². The molecule has 2 aromatic rings. The summed E-state index contributed by atoms with van der Waals surface area (Å²) in [7, 11) is 0. The molecule has 0 atom stereocenters. The third-order valence-corrected chi connectivity index (χ3v) is 1.83. The highest BCUT2D eigenvalue weighted by molar-refractivity contribution is 5.48. The number of fused-ring (bicyclic) bond motifs is 1. The first-order chi connectivity index (χ1) is 6.31. The molecule has 0 aliphatic rings. The summed E-state index contributed by atoms with van der Waals surface area (Å²) in [5.41, 5.74) is 7.24. The molecule has 0 radical (unpaired) electrons. The van der Waals surface area contributed by atoms with Gasteiger partial charge in [0.2, 0.25) is 0 Å². The maximum atomic E-state index is 8.48. The lowest BCUT2D eigenvalue weighted by Gasteiger charge is -1.95. The van der Waals surface area contributed by atoms with E-state index in [1.165, 1.54) is 0 Å². The molecule has 0 aliphatic carbocycles. The first kappa shape index (κ1) is 7.62. The van der Waals surface area contributed by atoms with Gasteiger partial charge in [-0.05, 0) is 12.1 Å². The fourth-order valence-electron chi connectivity index (χ4n) is 1.25. The molecule has 2 rings (SSSR count). The van der Waals surface area contributed by atoms with E-state index in [2.05, 4.69) is 4.98 Å². The van der Waals surface area contributed by atoms with E-state index < -0.39 is 0 Å². The second-order valence-electron chi connectivity index (χ2n) is 2.75. The number of nitrogens with zero attached hydrogens (tertiary/aromatic N) is 3. The Hall–Kier alpha value is -2.02. The van der Waals surface area contributed by atoms with Gasteiger partial charge < -0.3 is 5.73 Å². The molecule has 2 aromatic heterocycles. The monoisotopic (exact) mass is 172 g/mol. The van der Waals surface area contributed by atoms with Gasteiger partial charge in [0.15, 0.2) is 0 Å². The maximum absolute atomic E-state index is 8.48. The number of nitrogens with two attached hydrogens (primary N) is 1. The quantitative estimate of drug-likeness (QED) is 0.697. The van der Waals surface area contributed by atoms with Gasteiger partial charge in [0.05, 0.1) is 18.2 Å². The Morgan fingerprint density at radius 2 is 2.38 bits per heavy atom. The van der Waals surface area contributed by atoms with E-state index in [1.54, 1.807) is 16.7 Å². The van der Waals surface area contributed by atoms with Gasteiger partial charge in [-0.15, -0.1) is 0 Å². The molecule has 0 spiro atoms. The molecular formula is C9H8N4. The van der Waals surface area contributed by atoms with E-state index in [4.69, 9.17) is 11.0 Å². The van der Waals surface area contributed by atoms with Crippen LogP contribution < -0.4 is 5.73 Å². The molecule has 4 heteroatoms. The highest BCUT2D eigenvalue weighted by Crippen LogP contribution is 2.10. The van der Waals surface area contributed by atoms with E-state index in [9.17, 15) is 0 Å². The molecule has 0 saturated heterocycles. The molecule has 0 aromatic carbocycles. The Bertz CT molecular complexity index is 478. The molecule has 0 unspecified atom stereocenters. The average Bonchev–Trinajstić information content (AvgIpc) is 2.49. The van der Waals surface area contributed by atoms with Gasteiger partial charge in [0.1, 0.15) is 11.5 Å². The molecule has 0 aliphatic heterocycles. The van der Waals surface area contributed by atoms with Crippen LogP contribution in [0.2, 0.25) is 0 Å². The molecule has 0 bridgehead atoms. The van der Waals surface area contributed by atoms with Gasteiger partial charge >= 0.3 is 0 Å². The SMILES string of the molecule is N#CCc1cn2c(N)cccc2n1. The molecule has 0 fully saturated rings. The summed E-state index contributed by atoms with van der Waals surface area (Å²) in [6.07, 6.45) is 2.11. The summed E-state index contributed by atoms with van der Waals surface area (Å²) >= 11 is 0. The van der Waals surface area contributed by atoms with Crippen molar-refractivity contribution < 1.29 is 0 Å². The van der Waals surface area contributed by atoms with E-state index in [0.29, 0.717) is 12.2 Å². The first-order valence-corrected chi connectivity index (χ1v) is 3.90. The predicted molar refractivity (Wildman–Crippen MR) is 48.9 cm³/mol. The Kier molecular flexibility index (Phi) is 1.64. The molecule has 13 heavy (non-hydrogen) atoms. The van der Waals surface area contributed by atoms with E-state index in [0.717, 1.165) is 11.3 Å². The molecular weight excluding hydrogens is 164 g/mol. The van der Waals surface area contributed by atoms with Gasteiger partial charge in [-0.1, -0.05) is 6.07 Å². The van der Waals surface area contributed by atoms with Crippen molar-refractivity contribution in [2.75, 3.05) is 5.73 Å². The van der Waals surface area contributed by atoms with Crippen LogP contribution in [0.15, 0.2) is 24.4 Å². The zero-order chi connectivity index (χ0) is 9.26. The number of nitriles is 1. The van der Waals surface area contributed by atoms with Crippen LogP contribution in [0.4, 0.5) is 5.82 Å². The smallest absolute Gasteiger partial charge is 0.138 e. The molecule has 2 N–H and O–H groups in total. The van der Waals surface area contributed by atoms with Crippen molar-refractivity contribution in [3.8, 4) is 6.07 Å². The number of hydrogen-bond donors (Lipinski definition) is 1. The summed E-state index contributed by atoms with van der Waals surface area (Å²) in [5.74, 6) is 0.634. The molecule has 4 nitrogen and oxygen atoms in total. The van der Waals surface area contributed by atoms with Crippen LogP contribution in [0.5, 0.6) is 0 Å². The minimum absolute atomic E-state index is 0.321. The lowest BCUT2D eigenvalue weighted by Crippen LogP contribution is -1.93. The van der Waals surface area contributed by atoms with Crippen LogP contribution in [0, 0.1) is 11.3 Å². The number of pyridine rings is 1. The third kappa shape index (κ3) is 1.20. The second-order valence-corrected chi connectivity index (χ2v) is 2.75. The van der Waals surface area contributed by atoms with Crippen molar-refractivity contribution >= 4 is 11.5 Å². The number of aromatic nitrogens is 2. The van der Waals surface area contributed by atoms with Gasteiger partial charge in [0.25, 0.3) is 0 Å². The summed E-state index contributed by atoms with van der Waals surface area (Å²) in [6, 6.07) is 7.54. The summed E-state index contributed by atoms with van der Waals surface area (Å²) < 4.78 is 1.77. The fourth-order valence-corrected chi connectivity index (χ4v) is 1.25. The minimum Gasteiger partial charge on any atom is -0.385 e. The van der Waals surface area contributed by atoms with Crippen LogP contribution >= 0.6 is 0 Å². The van der Waals surface area contributed by atoms with Crippen LogP contribution in [-0.2, 0) is 6.42 Å². The number of anilines is 1. The first-order valence-electron chi connectivity index (χ1n) is 3.90. The lowest BCUT2D eigenvalue weighted by atomic mass is 10.4. The zero-order valence-corrected chi connectivity index (χ0v) is 6.94. The van der Waals surface area contributed by atoms with E-state index in [1.807, 2.05) is 18.2 Å². The second kappa shape index (κ2) is 2.79. The van der Waals surface area contributed by atoms with Crippen LogP contribution in [0.1, 0.15) is 5.69 Å². The van der Waals surface area contributed by atoms with Gasteiger partial charge in [-0.25, -0.2) is 4.98 Å². The molecule has 0 amide bonds. The lowest BCUT2D eigenvalue weighted by molar-refractivity contribution is 1.16. The highest BCUT2D eigenvalue weighted by atomic mass is 15.0. The Morgan fingerprint density at radius 3 is 3.08 bits per heavy atom. The van der Waals surface area contributed by atoms with Crippen molar-refractivity contribution in [1.29, 1.82) is 5.26 Å². The number of nitrogen functional groups attached to an aromatic ring is 1.